The summed E-state index contributed by atoms with van der Waals surface area (Å²) in [7, 11) is 0. The van der Waals surface area contributed by atoms with Gasteiger partial charge in [0.1, 0.15) is 0 Å². The fourth-order valence-electron chi connectivity index (χ4n) is 2.52. The second-order valence-corrected chi connectivity index (χ2v) is 8.14. The minimum atomic E-state index is -0.499. The van der Waals surface area contributed by atoms with Crippen molar-refractivity contribution in [1.82, 2.24) is 14.8 Å². The van der Waals surface area contributed by atoms with Gasteiger partial charge in [-0.05, 0) is 31.0 Å². The molecule has 0 saturated carbocycles. The molecule has 0 saturated heterocycles. The molecule has 6 nitrogen and oxygen atoms in total. The molecule has 0 aliphatic carbocycles. The summed E-state index contributed by atoms with van der Waals surface area (Å²) in [5.41, 5.74) is 1.26. The van der Waals surface area contributed by atoms with Gasteiger partial charge in [0.2, 0.25) is 5.91 Å². The predicted molar refractivity (Wildman–Crippen MR) is 113 cm³/mol. The van der Waals surface area contributed by atoms with Crippen molar-refractivity contribution in [2.75, 3.05) is 5.32 Å². The van der Waals surface area contributed by atoms with Gasteiger partial charge >= 0.3 is 5.69 Å². The molecule has 1 unspecified atom stereocenters. The molecule has 2 aromatic carbocycles. The van der Waals surface area contributed by atoms with Gasteiger partial charge in [0.25, 0.3) is 0 Å². The Hall–Kier alpha value is -2.22. The maximum Gasteiger partial charge on any atom is 0.343 e. The van der Waals surface area contributed by atoms with Crippen LogP contribution in [0.15, 0.2) is 58.5 Å². The number of hydrogen-bond donors (Lipinski definition) is 2. The normalized spacial score (nSPS) is 12.0. The highest BCUT2D eigenvalue weighted by Crippen LogP contribution is 2.30. The van der Waals surface area contributed by atoms with Crippen LogP contribution in [0.1, 0.15) is 12.5 Å². The number of rotatable bonds is 7. The van der Waals surface area contributed by atoms with Gasteiger partial charge in [-0.15, -0.1) is 5.10 Å². The summed E-state index contributed by atoms with van der Waals surface area (Å²) >= 11 is 13.3. The van der Waals surface area contributed by atoms with E-state index in [4.69, 9.17) is 23.2 Å². The molecule has 9 heteroatoms. The molecule has 0 spiro atoms. The fourth-order valence-corrected chi connectivity index (χ4v) is 3.75. The Bertz CT molecular complexity index is 1020. The molecule has 0 aliphatic rings. The quantitative estimate of drug-likeness (QED) is 0.542. The van der Waals surface area contributed by atoms with Crippen molar-refractivity contribution < 1.29 is 4.79 Å². The monoisotopic (exact) mass is 436 g/mol. The summed E-state index contributed by atoms with van der Waals surface area (Å²) in [6.45, 7) is 2.20. The Morgan fingerprint density at radius 1 is 1.21 bits per heavy atom. The first-order chi connectivity index (χ1) is 13.5. The van der Waals surface area contributed by atoms with E-state index >= 15 is 0 Å². The summed E-state index contributed by atoms with van der Waals surface area (Å²) in [5.74, 6) is -0.265. The minimum absolute atomic E-state index is 0.265. The highest BCUT2D eigenvalue weighted by Gasteiger charge is 2.20. The third-order valence-corrected chi connectivity index (χ3v) is 5.96. The van der Waals surface area contributed by atoms with Crippen LogP contribution in [-0.4, -0.2) is 25.9 Å². The van der Waals surface area contributed by atoms with Crippen molar-refractivity contribution in [3.05, 3.63) is 74.6 Å². The van der Waals surface area contributed by atoms with Gasteiger partial charge < -0.3 is 5.32 Å². The van der Waals surface area contributed by atoms with Gasteiger partial charge in [-0.1, -0.05) is 71.4 Å². The topological polar surface area (TPSA) is 79.8 Å². The molecular formula is C19H18Cl2N4O2S. The molecule has 0 radical (unpaired) electrons. The Morgan fingerprint density at radius 2 is 1.96 bits per heavy atom. The van der Waals surface area contributed by atoms with Crippen LogP contribution in [0.4, 0.5) is 5.69 Å². The molecule has 3 rings (SSSR count). The lowest BCUT2D eigenvalue weighted by atomic mass is 10.1. The van der Waals surface area contributed by atoms with Crippen LogP contribution in [0, 0.1) is 0 Å². The maximum absolute atomic E-state index is 12.5. The van der Waals surface area contributed by atoms with E-state index in [-0.39, 0.29) is 16.6 Å². The number of amides is 1. The van der Waals surface area contributed by atoms with Crippen LogP contribution < -0.4 is 11.0 Å². The second kappa shape index (κ2) is 9.32. The van der Waals surface area contributed by atoms with Crippen molar-refractivity contribution in [3.8, 4) is 0 Å². The van der Waals surface area contributed by atoms with Crippen LogP contribution >= 0.6 is 35.0 Å². The summed E-state index contributed by atoms with van der Waals surface area (Å²) in [5, 5.41) is 9.86. The number of aromatic nitrogens is 3. The average molecular weight is 437 g/mol. The Balaban J connectivity index is 1.67. The van der Waals surface area contributed by atoms with Gasteiger partial charge in [0.05, 0.1) is 21.0 Å². The van der Waals surface area contributed by atoms with E-state index in [1.54, 1.807) is 25.1 Å². The molecule has 146 valence electrons. The zero-order valence-electron chi connectivity index (χ0n) is 15.0. The number of H-pyrrole nitrogens is 1. The molecule has 1 aromatic heterocycles. The number of nitrogens with zero attached hydrogens (tertiary/aromatic N) is 2. The van der Waals surface area contributed by atoms with Crippen molar-refractivity contribution >= 4 is 46.6 Å². The van der Waals surface area contributed by atoms with E-state index in [1.807, 2.05) is 30.3 Å². The number of hydrogen-bond acceptors (Lipinski definition) is 4. The fraction of sp³-hybridized carbons (Fsp3) is 0.211. The standard InChI is InChI=1S/C19H18Cl2N4O2S/c1-12(17(26)22-15-9-5-8-14(20)16(15)21)28-19-24-23-18(27)25(19)11-10-13-6-3-2-4-7-13/h2-9,12H,10-11H2,1H3,(H,22,26)(H,23,27). The van der Waals surface area contributed by atoms with E-state index in [9.17, 15) is 9.59 Å². The van der Waals surface area contributed by atoms with E-state index in [0.717, 1.165) is 5.56 Å². The summed E-state index contributed by atoms with van der Waals surface area (Å²) < 4.78 is 1.54. The maximum atomic E-state index is 12.5. The largest absolute Gasteiger partial charge is 0.343 e. The average Bonchev–Trinajstić information content (AvgIpc) is 3.04. The van der Waals surface area contributed by atoms with Crippen molar-refractivity contribution in [2.45, 2.75) is 30.3 Å². The molecule has 1 atom stereocenters. The van der Waals surface area contributed by atoms with E-state index < -0.39 is 5.25 Å². The summed E-state index contributed by atoms with van der Waals surface area (Å²) in [6.07, 6.45) is 0.687. The molecule has 1 amide bonds. The summed E-state index contributed by atoms with van der Waals surface area (Å²) in [4.78, 5) is 24.6. The van der Waals surface area contributed by atoms with Crippen LogP contribution in [0.3, 0.4) is 0 Å². The number of thioether (sulfide) groups is 1. The number of anilines is 1. The second-order valence-electron chi connectivity index (χ2n) is 6.05. The number of aromatic amines is 1. The van der Waals surface area contributed by atoms with Gasteiger partial charge in [-0.2, -0.15) is 0 Å². The first-order valence-corrected chi connectivity index (χ1v) is 10.2. The number of carbonyl (C=O) groups is 1. The molecular weight excluding hydrogens is 419 g/mol. The SMILES string of the molecule is CC(Sc1n[nH]c(=O)n1CCc1ccccc1)C(=O)Nc1cccc(Cl)c1Cl. The van der Waals surface area contributed by atoms with Gasteiger partial charge in [0, 0.05) is 6.54 Å². The smallest absolute Gasteiger partial charge is 0.324 e. The van der Waals surface area contributed by atoms with E-state index in [2.05, 4.69) is 15.5 Å². The van der Waals surface area contributed by atoms with Crippen molar-refractivity contribution in [1.29, 1.82) is 0 Å². The lowest BCUT2D eigenvalue weighted by Crippen LogP contribution is -2.24. The Morgan fingerprint density at radius 3 is 2.71 bits per heavy atom. The van der Waals surface area contributed by atoms with E-state index in [0.29, 0.717) is 28.8 Å². The first kappa shape index (κ1) is 20.5. The predicted octanol–water partition coefficient (Wildman–Crippen LogP) is 4.24. The van der Waals surface area contributed by atoms with E-state index in [1.165, 1.54) is 16.3 Å². The van der Waals surface area contributed by atoms with Gasteiger partial charge in [0.15, 0.2) is 5.16 Å². The van der Waals surface area contributed by atoms with Crippen molar-refractivity contribution in [2.24, 2.45) is 0 Å². The third-order valence-electron chi connectivity index (χ3n) is 4.05. The molecule has 28 heavy (non-hydrogen) atoms. The number of benzene rings is 2. The zero-order chi connectivity index (χ0) is 20.1. The molecule has 0 bridgehead atoms. The molecule has 0 fully saturated rings. The molecule has 1 heterocycles. The number of aryl methyl sites for hydroxylation is 1. The number of nitrogens with one attached hydrogen (secondary N) is 2. The molecule has 2 N–H and O–H groups in total. The lowest BCUT2D eigenvalue weighted by Gasteiger charge is -2.13. The highest BCUT2D eigenvalue weighted by atomic mass is 35.5. The minimum Gasteiger partial charge on any atom is -0.324 e. The highest BCUT2D eigenvalue weighted by molar-refractivity contribution is 8.00. The van der Waals surface area contributed by atoms with Gasteiger partial charge in [-0.25, -0.2) is 9.89 Å². The Kier molecular flexibility index (Phi) is 6.83. The van der Waals surface area contributed by atoms with Crippen LogP contribution in [0.5, 0.6) is 0 Å². The van der Waals surface area contributed by atoms with Gasteiger partial charge in [-0.3, -0.25) is 9.36 Å². The third kappa shape index (κ3) is 4.98. The first-order valence-electron chi connectivity index (χ1n) is 8.56. The Labute approximate surface area is 176 Å². The zero-order valence-corrected chi connectivity index (χ0v) is 17.3. The number of halogens is 2. The summed E-state index contributed by atoms with van der Waals surface area (Å²) in [6, 6.07) is 14.9. The van der Waals surface area contributed by atoms with Crippen LogP contribution in [-0.2, 0) is 17.8 Å². The van der Waals surface area contributed by atoms with Crippen molar-refractivity contribution in [3.63, 3.8) is 0 Å². The lowest BCUT2D eigenvalue weighted by molar-refractivity contribution is -0.115. The molecule has 3 aromatic rings. The number of carbonyl (C=O) groups excluding carboxylic acids is 1. The molecule has 0 aliphatic heterocycles. The van der Waals surface area contributed by atoms with Crippen LogP contribution in [0.25, 0.3) is 0 Å². The van der Waals surface area contributed by atoms with Crippen LogP contribution in [0.2, 0.25) is 10.0 Å².